The lowest BCUT2D eigenvalue weighted by atomic mass is 9.95. The lowest BCUT2D eigenvalue weighted by Gasteiger charge is -2.38. The molecular formula is C14H24N2S. The summed E-state index contributed by atoms with van der Waals surface area (Å²) >= 11 is 1.85. The Kier molecular flexibility index (Phi) is 4.60. The van der Waals surface area contributed by atoms with Crippen molar-refractivity contribution in [3.05, 3.63) is 22.4 Å². The Morgan fingerprint density at radius 3 is 2.71 bits per heavy atom. The second-order valence-electron chi connectivity index (χ2n) is 5.25. The number of hydrogen-bond acceptors (Lipinski definition) is 3. The van der Waals surface area contributed by atoms with Gasteiger partial charge in [0.25, 0.3) is 0 Å². The molecule has 0 spiro atoms. The van der Waals surface area contributed by atoms with Gasteiger partial charge in [-0.1, -0.05) is 19.9 Å². The highest BCUT2D eigenvalue weighted by Crippen LogP contribution is 2.32. The molecule has 1 saturated heterocycles. The first-order valence-electron chi connectivity index (χ1n) is 6.75. The molecule has 1 aromatic rings. The first-order chi connectivity index (χ1) is 8.22. The maximum atomic E-state index is 6.34. The highest BCUT2D eigenvalue weighted by atomic mass is 32.1. The Hall–Kier alpha value is -0.380. The van der Waals surface area contributed by atoms with E-state index < -0.39 is 0 Å². The van der Waals surface area contributed by atoms with Gasteiger partial charge in [0, 0.05) is 10.9 Å². The summed E-state index contributed by atoms with van der Waals surface area (Å²) < 4.78 is 0. The van der Waals surface area contributed by atoms with Crippen LogP contribution in [0.1, 0.15) is 44.0 Å². The van der Waals surface area contributed by atoms with Crippen LogP contribution in [0.15, 0.2) is 17.5 Å². The zero-order valence-electron chi connectivity index (χ0n) is 10.9. The van der Waals surface area contributed by atoms with Crippen LogP contribution in [0.5, 0.6) is 0 Å². The highest BCUT2D eigenvalue weighted by Gasteiger charge is 2.28. The van der Waals surface area contributed by atoms with E-state index in [1.54, 1.807) is 0 Å². The molecule has 1 aliphatic heterocycles. The van der Waals surface area contributed by atoms with Gasteiger partial charge in [-0.3, -0.25) is 4.90 Å². The lowest BCUT2D eigenvalue weighted by molar-refractivity contribution is 0.121. The van der Waals surface area contributed by atoms with Crippen LogP contribution in [0.3, 0.4) is 0 Å². The third-order valence-electron chi connectivity index (χ3n) is 3.92. The van der Waals surface area contributed by atoms with Crippen molar-refractivity contribution in [2.45, 2.75) is 45.2 Å². The zero-order valence-corrected chi connectivity index (χ0v) is 11.7. The van der Waals surface area contributed by atoms with E-state index in [4.69, 9.17) is 5.73 Å². The Morgan fingerprint density at radius 2 is 2.18 bits per heavy atom. The summed E-state index contributed by atoms with van der Waals surface area (Å²) in [5.74, 6) is 0.882. The number of likely N-dealkylation sites (tertiary alicyclic amines) is 1. The Morgan fingerprint density at radius 1 is 1.47 bits per heavy atom. The summed E-state index contributed by atoms with van der Waals surface area (Å²) in [5.41, 5.74) is 6.34. The molecule has 2 nitrogen and oxygen atoms in total. The quantitative estimate of drug-likeness (QED) is 0.891. The molecule has 0 bridgehead atoms. The van der Waals surface area contributed by atoms with Crippen LogP contribution >= 0.6 is 11.3 Å². The van der Waals surface area contributed by atoms with Gasteiger partial charge >= 0.3 is 0 Å². The monoisotopic (exact) mass is 252 g/mol. The van der Waals surface area contributed by atoms with Crippen molar-refractivity contribution in [2.24, 2.45) is 11.7 Å². The van der Waals surface area contributed by atoms with Crippen molar-refractivity contribution < 1.29 is 0 Å². The molecule has 0 saturated carbocycles. The molecule has 2 rings (SSSR count). The van der Waals surface area contributed by atoms with E-state index in [9.17, 15) is 0 Å². The topological polar surface area (TPSA) is 29.3 Å². The lowest BCUT2D eigenvalue weighted by Crippen LogP contribution is -2.44. The summed E-state index contributed by atoms with van der Waals surface area (Å²) in [6, 6.07) is 5.08. The SMILES string of the molecule is CCC(N)C(c1cccs1)N1CCC(C)CC1. The largest absolute Gasteiger partial charge is 0.326 e. The van der Waals surface area contributed by atoms with Crippen molar-refractivity contribution in [3.63, 3.8) is 0 Å². The van der Waals surface area contributed by atoms with E-state index in [0.717, 1.165) is 12.3 Å². The van der Waals surface area contributed by atoms with Gasteiger partial charge in [-0.2, -0.15) is 0 Å². The third kappa shape index (κ3) is 3.09. The molecule has 1 aliphatic rings. The minimum atomic E-state index is 0.266. The fourth-order valence-electron chi connectivity index (χ4n) is 2.65. The summed E-state index contributed by atoms with van der Waals surface area (Å²) in [6.45, 7) is 6.96. The summed E-state index contributed by atoms with van der Waals surface area (Å²) in [5, 5.41) is 2.16. The predicted octanol–water partition coefficient (Wildman–Crippen LogP) is 3.26. The Labute approximate surface area is 109 Å². The number of rotatable bonds is 4. The zero-order chi connectivity index (χ0) is 12.3. The molecular weight excluding hydrogens is 228 g/mol. The minimum absolute atomic E-state index is 0.266. The molecule has 1 aromatic heterocycles. The normalized spacial score (nSPS) is 22.5. The highest BCUT2D eigenvalue weighted by molar-refractivity contribution is 7.10. The first-order valence-corrected chi connectivity index (χ1v) is 7.63. The number of thiophene rings is 1. The molecule has 96 valence electrons. The summed E-state index contributed by atoms with van der Waals surface area (Å²) in [6.07, 6.45) is 3.69. The molecule has 0 aromatic carbocycles. The van der Waals surface area contributed by atoms with Gasteiger partial charge < -0.3 is 5.73 Å². The fraction of sp³-hybridized carbons (Fsp3) is 0.714. The Balaban J connectivity index is 2.10. The summed E-state index contributed by atoms with van der Waals surface area (Å²) in [4.78, 5) is 4.04. The van der Waals surface area contributed by atoms with Crippen LogP contribution in [0.2, 0.25) is 0 Å². The molecule has 2 atom stereocenters. The van der Waals surface area contributed by atoms with Gasteiger partial charge in [0.2, 0.25) is 0 Å². The van der Waals surface area contributed by atoms with Gasteiger partial charge in [0.1, 0.15) is 0 Å². The molecule has 2 heterocycles. The molecule has 2 N–H and O–H groups in total. The average molecular weight is 252 g/mol. The van der Waals surface area contributed by atoms with Crippen molar-refractivity contribution in [1.82, 2.24) is 4.90 Å². The molecule has 3 heteroatoms. The number of hydrogen-bond donors (Lipinski definition) is 1. The van der Waals surface area contributed by atoms with Gasteiger partial charge in [0.15, 0.2) is 0 Å². The van der Waals surface area contributed by atoms with Gasteiger partial charge in [-0.15, -0.1) is 11.3 Å². The molecule has 0 radical (unpaired) electrons. The maximum Gasteiger partial charge on any atom is 0.0593 e. The van der Waals surface area contributed by atoms with Crippen molar-refractivity contribution >= 4 is 11.3 Å². The van der Waals surface area contributed by atoms with E-state index in [1.165, 1.54) is 30.8 Å². The van der Waals surface area contributed by atoms with Crippen molar-refractivity contribution in [1.29, 1.82) is 0 Å². The second-order valence-corrected chi connectivity index (χ2v) is 6.23. The number of nitrogens with zero attached hydrogens (tertiary/aromatic N) is 1. The maximum absolute atomic E-state index is 6.34. The smallest absolute Gasteiger partial charge is 0.0593 e. The van der Waals surface area contributed by atoms with Crippen molar-refractivity contribution in [3.8, 4) is 0 Å². The van der Waals surface area contributed by atoms with Crippen LogP contribution in [0, 0.1) is 5.92 Å². The predicted molar refractivity (Wildman–Crippen MR) is 75.3 cm³/mol. The molecule has 2 unspecified atom stereocenters. The van der Waals surface area contributed by atoms with E-state index in [0.29, 0.717) is 6.04 Å². The number of piperidine rings is 1. The Bertz CT molecular complexity index is 315. The van der Waals surface area contributed by atoms with Crippen LogP contribution < -0.4 is 5.73 Å². The summed E-state index contributed by atoms with van der Waals surface area (Å²) in [7, 11) is 0. The van der Waals surface area contributed by atoms with E-state index in [-0.39, 0.29) is 6.04 Å². The minimum Gasteiger partial charge on any atom is -0.326 e. The van der Waals surface area contributed by atoms with Crippen LogP contribution in [-0.4, -0.2) is 24.0 Å². The second kappa shape index (κ2) is 5.98. The van der Waals surface area contributed by atoms with Crippen LogP contribution in [0.25, 0.3) is 0 Å². The van der Waals surface area contributed by atoms with Crippen molar-refractivity contribution in [2.75, 3.05) is 13.1 Å². The van der Waals surface area contributed by atoms with Crippen LogP contribution in [0.4, 0.5) is 0 Å². The average Bonchev–Trinajstić information content (AvgIpc) is 2.85. The van der Waals surface area contributed by atoms with Crippen LogP contribution in [-0.2, 0) is 0 Å². The number of nitrogens with two attached hydrogens (primary N) is 1. The molecule has 17 heavy (non-hydrogen) atoms. The molecule has 1 fully saturated rings. The van der Waals surface area contributed by atoms with E-state index in [2.05, 4.69) is 36.3 Å². The standard InChI is InChI=1S/C14H24N2S/c1-3-12(15)14(13-5-4-10-17-13)16-8-6-11(2)7-9-16/h4-5,10-12,14H,3,6-9,15H2,1-2H3. The van der Waals surface area contributed by atoms with Gasteiger partial charge in [0.05, 0.1) is 6.04 Å². The third-order valence-corrected chi connectivity index (χ3v) is 4.87. The first kappa shape index (κ1) is 13.1. The molecule has 0 aliphatic carbocycles. The van der Waals surface area contributed by atoms with E-state index >= 15 is 0 Å². The fourth-order valence-corrected chi connectivity index (χ4v) is 3.59. The van der Waals surface area contributed by atoms with Gasteiger partial charge in [-0.25, -0.2) is 0 Å². The van der Waals surface area contributed by atoms with E-state index in [1.807, 2.05) is 11.3 Å². The molecule has 0 amide bonds. The van der Waals surface area contributed by atoms with Gasteiger partial charge in [-0.05, 0) is 49.7 Å².